The van der Waals surface area contributed by atoms with E-state index in [-0.39, 0.29) is 17.7 Å². The molecular weight excluding hydrogens is 346 g/mol. The predicted molar refractivity (Wildman–Crippen MR) is 96.9 cm³/mol. The molecule has 2 aromatic carbocycles. The van der Waals surface area contributed by atoms with E-state index >= 15 is 0 Å². The molecule has 0 saturated heterocycles. The fraction of sp³-hybridized carbons (Fsp3) is 0.278. The van der Waals surface area contributed by atoms with Gasteiger partial charge in [-0.25, -0.2) is 8.42 Å². The molecule has 0 spiro atoms. The molecule has 4 nitrogen and oxygen atoms in total. The zero-order valence-electron chi connectivity index (χ0n) is 13.6. The van der Waals surface area contributed by atoms with Crippen molar-refractivity contribution in [2.24, 2.45) is 0 Å². The van der Waals surface area contributed by atoms with Crippen molar-refractivity contribution in [3.63, 3.8) is 0 Å². The van der Waals surface area contributed by atoms with Gasteiger partial charge in [0.25, 0.3) is 5.91 Å². The minimum Gasteiger partial charge on any atom is -0.345 e. The van der Waals surface area contributed by atoms with E-state index in [4.69, 9.17) is 11.6 Å². The van der Waals surface area contributed by atoms with Gasteiger partial charge in [-0.15, -0.1) is 0 Å². The zero-order valence-corrected chi connectivity index (χ0v) is 15.2. The maximum absolute atomic E-state index is 12.5. The van der Waals surface area contributed by atoms with Gasteiger partial charge in [-0.2, -0.15) is 0 Å². The molecule has 0 fully saturated rings. The molecule has 0 radical (unpaired) electrons. The Morgan fingerprint density at radius 3 is 2.42 bits per heavy atom. The first kappa shape index (κ1) is 18.5. The summed E-state index contributed by atoms with van der Waals surface area (Å²) in [6.07, 6.45) is 1.91. The van der Waals surface area contributed by atoms with Crippen molar-refractivity contribution in [1.82, 2.24) is 5.32 Å². The van der Waals surface area contributed by atoms with Gasteiger partial charge in [0.15, 0.2) is 9.84 Å². The summed E-state index contributed by atoms with van der Waals surface area (Å²) in [5, 5.41) is 3.62. The monoisotopic (exact) mass is 365 g/mol. The molecule has 0 aliphatic rings. The lowest BCUT2D eigenvalue weighted by atomic mass is 10.0. The Hall–Kier alpha value is -1.85. The third-order valence-electron chi connectivity index (χ3n) is 3.60. The summed E-state index contributed by atoms with van der Waals surface area (Å²) < 4.78 is 22.8. The average Bonchev–Trinajstić information content (AvgIpc) is 2.52. The van der Waals surface area contributed by atoms with Crippen LogP contribution in [0, 0.1) is 0 Å². The third kappa shape index (κ3) is 5.35. The van der Waals surface area contributed by atoms with E-state index in [2.05, 4.69) is 5.32 Å². The van der Waals surface area contributed by atoms with Crippen LogP contribution in [-0.2, 0) is 15.6 Å². The van der Waals surface area contributed by atoms with Gasteiger partial charge in [0, 0.05) is 16.8 Å². The van der Waals surface area contributed by atoms with Crippen LogP contribution in [0.15, 0.2) is 48.5 Å². The fourth-order valence-electron chi connectivity index (χ4n) is 2.46. The summed E-state index contributed by atoms with van der Waals surface area (Å²) in [4.78, 5) is 12.5. The molecule has 1 amide bonds. The average molecular weight is 366 g/mol. The van der Waals surface area contributed by atoms with E-state index in [9.17, 15) is 13.2 Å². The number of nitrogens with one attached hydrogen (secondary N) is 1. The standard InChI is InChI=1S/C18H20ClNO3S/c1-3-17(14-7-9-16(19)10-8-14)20-18(21)15-6-4-5-13(11-15)12-24(2,22)23/h4-11,17H,3,12H2,1-2H3,(H,20,21). The number of carbonyl (C=O) groups excluding carboxylic acids is 1. The molecule has 24 heavy (non-hydrogen) atoms. The van der Waals surface area contributed by atoms with Gasteiger partial charge in [-0.3, -0.25) is 4.79 Å². The van der Waals surface area contributed by atoms with Crippen LogP contribution in [0.2, 0.25) is 5.02 Å². The van der Waals surface area contributed by atoms with E-state index in [1.165, 1.54) is 6.26 Å². The van der Waals surface area contributed by atoms with Crippen LogP contribution in [0.25, 0.3) is 0 Å². The fourth-order valence-corrected chi connectivity index (χ4v) is 3.37. The second kappa shape index (κ2) is 7.81. The molecule has 0 aromatic heterocycles. The summed E-state index contributed by atoms with van der Waals surface area (Å²) in [5.41, 5.74) is 2.02. The van der Waals surface area contributed by atoms with Gasteiger partial charge < -0.3 is 5.32 Å². The summed E-state index contributed by atoms with van der Waals surface area (Å²) in [6.45, 7) is 1.99. The summed E-state index contributed by atoms with van der Waals surface area (Å²) in [6, 6.07) is 13.9. The topological polar surface area (TPSA) is 63.2 Å². The van der Waals surface area contributed by atoms with Crippen molar-refractivity contribution < 1.29 is 13.2 Å². The van der Waals surface area contributed by atoms with E-state index in [1.807, 2.05) is 19.1 Å². The second-order valence-electron chi connectivity index (χ2n) is 5.76. The van der Waals surface area contributed by atoms with Gasteiger partial charge in [-0.05, 0) is 41.8 Å². The largest absolute Gasteiger partial charge is 0.345 e. The number of carbonyl (C=O) groups is 1. The Labute approximate surface area is 147 Å². The van der Waals surface area contributed by atoms with Crippen molar-refractivity contribution in [3.8, 4) is 0 Å². The molecule has 6 heteroatoms. The highest BCUT2D eigenvalue weighted by Crippen LogP contribution is 2.20. The van der Waals surface area contributed by atoms with E-state index in [1.54, 1.807) is 36.4 Å². The summed E-state index contributed by atoms with van der Waals surface area (Å²) >= 11 is 5.89. The van der Waals surface area contributed by atoms with Crippen LogP contribution in [0.1, 0.15) is 40.9 Å². The van der Waals surface area contributed by atoms with E-state index in [0.717, 1.165) is 12.0 Å². The Morgan fingerprint density at radius 1 is 1.17 bits per heavy atom. The van der Waals surface area contributed by atoms with Crippen molar-refractivity contribution in [1.29, 1.82) is 0 Å². The summed E-state index contributed by atoms with van der Waals surface area (Å²) in [7, 11) is -3.14. The first-order valence-electron chi connectivity index (χ1n) is 7.61. The SMILES string of the molecule is CCC(NC(=O)c1cccc(CS(C)(=O)=O)c1)c1ccc(Cl)cc1. The van der Waals surface area contributed by atoms with E-state index in [0.29, 0.717) is 16.1 Å². The smallest absolute Gasteiger partial charge is 0.251 e. The molecule has 1 unspecified atom stereocenters. The number of benzene rings is 2. The highest BCUT2D eigenvalue weighted by atomic mass is 35.5. The number of hydrogen-bond acceptors (Lipinski definition) is 3. The van der Waals surface area contributed by atoms with Crippen LogP contribution in [-0.4, -0.2) is 20.6 Å². The normalized spacial score (nSPS) is 12.6. The lowest BCUT2D eigenvalue weighted by Gasteiger charge is -2.18. The first-order valence-corrected chi connectivity index (χ1v) is 10.1. The quantitative estimate of drug-likeness (QED) is 0.847. The Bertz CT molecular complexity index is 816. The van der Waals surface area contributed by atoms with Crippen LogP contribution in [0.4, 0.5) is 0 Å². The Kier molecular flexibility index (Phi) is 6.02. The molecular formula is C18H20ClNO3S. The van der Waals surface area contributed by atoms with Gasteiger partial charge in [0.1, 0.15) is 0 Å². The molecule has 1 N–H and O–H groups in total. The number of hydrogen-bond donors (Lipinski definition) is 1. The van der Waals surface area contributed by atoms with Crippen molar-refractivity contribution in [3.05, 3.63) is 70.2 Å². The highest BCUT2D eigenvalue weighted by Gasteiger charge is 2.15. The molecule has 0 aliphatic carbocycles. The van der Waals surface area contributed by atoms with Crippen molar-refractivity contribution in [2.75, 3.05) is 6.26 Å². The molecule has 2 rings (SSSR count). The molecule has 0 aliphatic heterocycles. The molecule has 2 aromatic rings. The van der Waals surface area contributed by atoms with Gasteiger partial charge in [0.2, 0.25) is 0 Å². The molecule has 1 atom stereocenters. The van der Waals surface area contributed by atoms with Crippen LogP contribution in [0.5, 0.6) is 0 Å². The minimum absolute atomic E-state index is 0.0808. The van der Waals surface area contributed by atoms with Gasteiger partial charge in [-0.1, -0.05) is 42.8 Å². The first-order chi connectivity index (χ1) is 11.3. The lowest BCUT2D eigenvalue weighted by molar-refractivity contribution is 0.0935. The van der Waals surface area contributed by atoms with Crippen molar-refractivity contribution >= 4 is 27.3 Å². The lowest BCUT2D eigenvalue weighted by Crippen LogP contribution is -2.28. The van der Waals surface area contributed by atoms with Crippen molar-refractivity contribution in [2.45, 2.75) is 25.1 Å². The third-order valence-corrected chi connectivity index (χ3v) is 4.71. The summed E-state index contributed by atoms with van der Waals surface area (Å²) in [5.74, 6) is -0.310. The second-order valence-corrected chi connectivity index (χ2v) is 8.33. The van der Waals surface area contributed by atoms with Crippen LogP contribution in [0.3, 0.4) is 0 Å². The number of amides is 1. The van der Waals surface area contributed by atoms with E-state index < -0.39 is 9.84 Å². The Morgan fingerprint density at radius 2 is 1.83 bits per heavy atom. The molecule has 0 heterocycles. The number of halogens is 1. The van der Waals surface area contributed by atoms with Gasteiger partial charge >= 0.3 is 0 Å². The van der Waals surface area contributed by atoms with Crippen LogP contribution >= 0.6 is 11.6 Å². The maximum Gasteiger partial charge on any atom is 0.251 e. The maximum atomic E-state index is 12.5. The minimum atomic E-state index is -3.14. The Balaban J connectivity index is 2.16. The highest BCUT2D eigenvalue weighted by molar-refractivity contribution is 7.89. The predicted octanol–water partition coefficient (Wildman–Crippen LogP) is 3.77. The van der Waals surface area contributed by atoms with Crippen LogP contribution < -0.4 is 5.32 Å². The number of rotatable bonds is 6. The number of sulfone groups is 1. The molecule has 0 bridgehead atoms. The van der Waals surface area contributed by atoms with Gasteiger partial charge in [0.05, 0.1) is 11.8 Å². The zero-order chi connectivity index (χ0) is 17.7. The molecule has 0 saturated carbocycles. The molecule has 128 valence electrons.